The largest absolute Gasteiger partial charge is 0.497 e. The summed E-state index contributed by atoms with van der Waals surface area (Å²) in [6.07, 6.45) is 0.0524. The molecule has 1 amide bonds. The molecule has 0 fully saturated rings. The van der Waals surface area contributed by atoms with Crippen molar-refractivity contribution in [1.29, 1.82) is 0 Å². The van der Waals surface area contributed by atoms with Crippen molar-refractivity contribution in [3.63, 3.8) is 0 Å². The summed E-state index contributed by atoms with van der Waals surface area (Å²) in [6, 6.07) is 12.9. The van der Waals surface area contributed by atoms with E-state index in [1.165, 1.54) is 0 Å². The van der Waals surface area contributed by atoms with E-state index >= 15 is 0 Å². The quantitative estimate of drug-likeness (QED) is 0.528. The summed E-state index contributed by atoms with van der Waals surface area (Å²) in [5.74, 6) is 2.80. The molecule has 0 heterocycles. The lowest BCUT2D eigenvalue weighted by Gasteiger charge is -2.17. The molecule has 0 saturated heterocycles. The summed E-state index contributed by atoms with van der Waals surface area (Å²) < 4.78 is 11.0. The van der Waals surface area contributed by atoms with Crippen molar-refractivity contribution in [2.45, 2.75) is 25.2 Å². The van der Waals surface area contributed by atoms with Gasteiger partial charge in [0.25, 0.3) is 5.91 Å². The van der Waals surface area contributed by atoms with E-state index in [4.69, 9.17) is 32.7 Å². The second kappa shape index (κ2) is 11.3. The van der Waals surface area contributed by atoms with Gasteiger partial charge in [-0.05, 0) is 36.2 Å². The molecule has 0 bridgehead atoms. The van der Waals surface area contributed by atoms with E-state index in [1.807, 2.05) is 37.3 Å². The molecule has 0 aliphatic heterocycles. The predicted molar refractivity (Wildman–Crippen MR) is 113 cm³/mol. The van der Waals surface area contributed by atoms with Gasteiger partial charge in [0, 0.05) is 24.1 Å². The number of ether oxygens (including phenoxy) is 2. The highest BCUT2D eigenvalue weighted by molar-refractivity contribution is 7.98. The Balaban J connectivity index is 1.73. The summed E-state index contributed by atoms with van der Waals surface area (Å²) in [4.78, 5) is 12.3. The molecule has 0 spiro atoms. The molecule has 0 radical (unpaired) electrons. The Morgan fingerprint density at radius 1 is 1.15 bits per heavy atom. The lowest BCUT2D eigenvalue weighted by Crippen LogP contribution is -2.39. The number of amides is 1. The monoisotopic (exact) mass is 427 g/mol. The third-order valence-electron chi connectivity index (χ3n) is 3.78. The van der Waals surface area contributed by atoms with Crippen molar-refractivity contribution in [2.75, 3.05) is 19.4 Å². The van der Waals surface area contributed by atoms with Crippen molar-refractivity contribution < 1.29 is 14.3 Å². The molecule has 0 saturated carbocycles. The highest BCUT2D eigenvalue weighted by atomic mass is 35.5. The Morgan fingerprint density at radius 3 is 2.63 bits per heavy atom. The van der Waals surface area contributed by atoms with Crippen LogP contribution in [0.3, 0.4) is 0 Å². The maximum atomic E-state index is 12.3. The number of halogens is 2. The molecule has 1 unspecified atom stereocenters. The molecule has 4 nitrogen and oxygen atoms in total. The molecule has 1 N–H and O–H groups in total. The molecule has 1 atom stereocenters. The Morgan fingerprint density at radius 2 is 1.93 bits per heavy atom. The van der Waals surface area contributed by atoms with Gasteiger partial charge in [0.1, 0.15) is 11.5 Å². The first-order valence-corrected chi connectivity index (χ1v) is 10.5. The van der Waals surface area contributed by atoms with E-state index in [-0.39, 0.29) is 5.91 Å². The summed E-state index contributed by atoms with van der Waals surface area (Å²) in [5.41, 5.74) is 1.11. The van der Waals surface area contributed by atoms with Gasteiger partial charge in [-0.1, -0.05) is 42.3 Å². The van der Waals surface area contributed by atoms with Crippen LogP contribution in [-0.4, -0.2) is 31.4 Å². The first kappa shape index (κ1) is 21.7. The van der Waals surface area contributed by atoms with E-state index in [9.17, 15) is 4.79 Å². The van der Waals surface area contributed by atoms with Crippen molar-refractivity contribution in [3.05, 3.63) is 58.1 Å². The lowest BCUT2D eigenvalue weighted by atomic mass is 10.2. The number of nitrogens with one attached hydrogen (secondary N) is 1. The van der Waals surface area contributed by atoms with Crippen LogP contribution in [0.2, 0.25) is 10.0 Å². The number of rotatable bonds is 10. The predicted octanol–water partition coefficient (Wildman–Crippen LogP) is 5.21. The van der Waals surface area contributed by atoms with E-state index in [2.05, 4.69) is 5.32 Å². The van der Waals surface area contributed by atoms with E-state index in [1.54, 1.807) is 31.0 Å². The molecule has 7 heteroatoms. The van der Waals surface area contributed by atoms with Gasteiger partial charge in [-0.15, -0.1) is 0 Å². The number of thioether (sulfide) groups is 1. The summed E-state index contributed by atoms with van der Waals surface area (Å²) in [7, 11) is 1.60. The first-order valence-electron chi connectivity index (χ1n) is 8.63. The zero-order valence-electron chi connectivity index (χ0n) is 15.3. The van der Waals surface area contributed by atoms with Crippen LogP contribution in [-0.2, 0) is 10.5 Å². The fraction of sp³-hybridized carbons (Fsp3) is 0.350. The molecule has 146 valence electrons. The Kier molecular flexibility index (Phi) is 9.11. The van der Waals surface area contributed by atoms with Gasteiger partial charge < -0.3 is 14.8 Å². The summed E-state index contributed by atoms with van der Waals surface area (Å²) in [5, 5.41) is 4.04. The number of benzene rings is 2. The van der Waals surface area contributed by atoms with Crippen LogP contribution < -0.4 is 14.8 Å². The number of carbonyl (C=O) groups excluding carboxylic acids is 1. The highest BCUT2D eigenvalue weighted by Gasteiger charge is 2.18. The van der Waals surface area contributed by atoms with Gasteiger partial charge in [0.2, 0.25) is 0 Å². The van der Waals surface area contributed by atoms with Gasteiger partial charge in [-0.3, -0.25) is 4.79 Å². The molecular weight excluding hydrogens is 405 g/mol. The van der Waals surface area contributed by atoms with Crippen LogP contribution in [0.4, 0.5) is 0 Å². The minimum atomic E-state index is -0.530. The fourth-order valence-electron chi connectivity index (χ4n) is 2.34. The molecule has 2 aromatic carbocycles. The smallest absolute Gasteiger partial charge is 0.261 e. The van der Waals surface area contributed by atoms with Crippen LogP contribution in [0.1, 0.15) is 18.9 Å². The Bertz CT molecular complexity index is 758. The maximum Gasteiger partial charge on any atom is 0.261 e. The highest BCUT2D eigenvalue weighted by Crippen LogP contribution is 2.24. The lowest BCUT2D eigenvalue weighted by molar-refractivity contribution is -0.127. The van der Waals surface area contributed by atoms with Gasteiger partial charge >= 0.3 is 0 Å². The minimum absolute atomic E-state index is 0.115. The maximum absolute atomic E-state index is 12.3. The standard InChI is InChI=1S/C20H23Cl2NO3S/c1-3-19(26-16-6-4-5-15(12-16)25-2)20(24)23-9-10-27-13-14-7-8-17(21)18(22)11-14/h4-8,11-12,19H,3,9-10,13H2,1-2H3,(H,23,24). The zero-order valence-corrected chi connectivity index (χ0v) is 17.7. The molecule has 2 aromatic rings. The van der Waals surface area contributed by atoms with Crippen LogP contribution in [0, 0.1) is 0 Å². The normalized spacial score (nSPS) is 11.7. The molecule has 2 rings (SSSR count). The minimum Gasteiger partial charge on any atom is -0.497 e. The average Bonchev–Trinajstić information content (AvgIpc) is 2.68. The van der Waals surface area contributed by atoms with Gasteiger partial charge in [0.15, 0.2) is 6.10 Å². The van der Waals surface area contributed by atoms with Crippen molar-refractivity contribution in [2.24, 2.45) is 0 Å². The van der Waals surface area contributed by atoms with Crippen molar-refractivity contribution in [3.8, 4) is 11.5 Å². The topological polar surface area (TPSA) is 47.6 Å². The molecule has 0 aliphatic rings. The van der Waals surface area contributed by atoms with E-state index < -0.39 is 6.10 Å². The van der Waals surface area contributed by atoms with Crippen molar-refractivity contribution in [1.82, 2.24) is 5.32 Å². The Labute approximate surface area is 174 Å². The molecule has 27 heavy (non-hydrogen) atoms. The third-order valence-corrected chi connectivity index (χ3v) is 5.55. The second-order valence-electron chi connectivity index (χ2n) is 5.79. The Hall–Kier alpha value is -1.56. The van der Waals surface area contributed by atoms with Crippen LogP contribution >= 0.6 is 35.0 Å². The number of hydrogen-bond donors (Lipinski definition) is 1. The third kappa shape index (κ3) is 7.17. The van der Waals surface area contributed by atoms with Crippen LogP contribution in [0.15, 0.2) is 42.5 Å². The average molecular weight is 428 g/mol. The fourth-order valence-corrected chi connectivity index (χ4v) is 3.47. The second-order valence-corrected chi connectivity index (χ2v) is 7.71. The number of carbonyl (C=O) groups is 1. The van der Waals surface area contributed by atoms with Gasteiger partial charge in [-0.25, -0.2) is 0 Å². The summed E-state index contributed by atoms with van der Waals surface area (Å²) >= 11 is 13.6. The first-order chi connectivity index (χ1) is 13.0. The van der Waals surface area contributed by atoms with E-state index in [0.29, 0.717) is 34.5 Å². The SMILES string of the molecule is CCC(Oc1cccc(OC)c1)C(=O)NCCSCc1ccc(Cl)c(Cl)c1. The van der Waals surface area contributed by atoms with Gasteiger partial charge in [0.05, 0.1) is 17.2 Å². The van der Waals surface area contributed by atoms with Crippen LogP contribution in [0.25, 0.3) is 0 Å². The number of hydrogen-bond acceptors (Lipinski definition) is 4. The zero-order chi connectivity index (χ0) is 19.6. The molecular formula is C20H23Cl2NO3S. The van der Waals surface area contributed by atoms with Crippen LogP contribution in [0.5, 0.6) is 11.5 Å². The van der Waals surface area contributed by atoms with Crippen molar-refractivity contribution >= 4 is 40.9 Å². The van der Waals surface area contributed by atoms with E-state index in [0.717, 1.165) is 17.1 Å². The number of methoxy groups -OCH3 is 1. The molecule has 0 aromatic heterocycles. The summed E-state index contributed by atoms with van der Waals surface area (Å²) in [6.45, 7) is 2.49. The molecule has 0 aliphatic carbocycles. The van der Waals surface area contributed by atoms with Gasteiger partial charge in [-0.2, -0.15) is 11.8 Å².